The molecule has 1 fully saturated rings. The molecule has 1 heterocycles. The van der Waals surface area contributed by atoms with Gasteiger partial charge >= 0.3 is 5.97 Å². The highest BCUT2D eigenvalue weighted by molar-refractivity contribution is 5.91. The van der Waals surface area contributed by atoms with Crippen molar-refractivity contribution in [2.45, 2.75) is 25.9 Å². The zero-order valence-electron chi connectivity index (χ0n) is 10.3. The Morgan fingerprint density at radius 2 is 2.11 bits per heavy atom. The molecular formula is C13H17NO4. The van der Waals surface area contributed by atoms with Gasteiger partial charge in [-0.25, -0.2) is 4.79 Å². The summed E-state index contributed by atoms with van der Waals surface area (Å²) in [6.07, 6.45) is 1.70. The molecule has 5 heteroatoms. The van der Waals surface area contributed by atoms with Crippen LogP contribution in [0, 0.1) is 6.92 Å². The first kappa shape index (κ1) is 12.7. The van der Waals surface area contributed by atoms with Crippen LogP contribution in [0.25, 0.3) is 0 Å². The van der Waals surface area contributed by atoms with Gasteiger partial charge in [-0.15, -0.1) is 0 Å². The van der Waals surface area contributed by atoms with Crippen LogP contribution in [0.1, 0.15) is 28.8 Å². The molecular weight excluding hydrogens is 234 g/mol. The molecule has 1 aromatic rings. The van der Waals surface area contributed by atoms with E-state index in [-0.39, 0.29) is 11.7 Å². The fraction of sp³-hybridized carbons (Fsp3) is 0.462. The molecule has 0 amide bonds. The molecule has 0 unspecified atom stereocenters. The van der Waals surface area contributed by atoms with Crippen molar-refractivity contribution < 1.29 is 19.4 Å². The molecule has 98 valence electrons. The maximum atomic E-state index is 11.1. The quantitative estimate of drug-likeness (QED) is 0.801. The number of carboxylic acid groups (broad SMARTS) is 1. The summed E-state index contributed by atoms with van der Waals surface area (Å²) in [4.78, 5) is 11.1. The lowest BCUT2D eigenvalue weighted by atomic mass is 10.1. The molecule has 5 nitrogen and oxygen atoms in total. The van der Waals surface area contributed by atoms with Gasteiger partial charge in [0.25, 0.3) is 0 Å². The number of rotatable bonds is 3. The first-order chi connectivity index (χ1) is 8.58. The van der Waals surface area contributed by atoms with Crippen molar-refractivity contribution >= 4 is 11.7 Å². The molecule has 1 aliphatic heterocycles. The van der Waals surface area contributed by atoms with Gasteiger partial charge < -0.3 is 20.3 Å². The summed E-state index contributed by atoms with van der Waals surface area (Å²) in [6, 6.07) is 3.21. The summed E-state index contributed by atoms with van der Waals surface area (Å²) in [5, 5.41) is 9.09. The van der Waals surface area contributed by atoms with Crippen LogP contribution in [0.15, 0.2) is 12.1 Å². The van der Waals surface area contributed by atoms with Crippen molar-refractivity contribution in [3.05, 3.63) is 23.3 Å². The zero-order chi connectivity index (χ0) is 13.1. The minimum absolute atomic E-state index is 0.0718. The first-order valence-electron chi connectivity index (χ1n) is 5.95. The molecule has 0 spiro atoms. The number of aromatic carboxylic acids is 1. The Labute approximate surface area is 106 Å². The van der Waals surface area contributed by atoms with Gasteiger partial charge in [0.2, 0.25) is 0 Å². The summed E-state index contributed by atoms with van der Waals surface area (Å²) >= 11 is 0. The number of anilines is 1. The van der Waals surface area contributed by atoms with Crippen molar-refractivity contribution in [3.63, 3.8) is 0 Å². The lowest BCUT2D eigenvalue weighted by Gasteiger charge is -2.23. The number of benzene rings is 1. The summed E-state index contributed by atoms with van der Waals surface area (Å²) in [5.41, 5.74) is 7.00. The lowest BCUT2D eigenvalue weighted by molar-refractivity contribution is 0.0255. The van der Waals surface area contributed by atoms with E-state index in [1.54, 1.807) is 13.0 Å². The maximum Gasteiger partial charge on any atom is 0.336 e. The van der Waals surface area contributed by atoms with Crippen molar-refractivity contribution in [3.8, 4) is 5.75 Å². The minimum atomic E-state index is -0.989. The van der Waals surface area contributed by atoms with E-state index in [4.69, 9.17) is 20.3 Å². The second-order valence-corrected chi connectivity index (χ2v) is 4.42. The number of hydrogen-bond acceptors (Lipinski definition) is 4. The third kappa shape index (κ3) is 2.73. The van der Waals surface area contributed by atoms with E-state index >= 15 is 0 Å². The van der Waals surface area contributed by atoms with Crippen molar-refractivity contribution in [2.75, 3.05) is 18.9 Å². The topological polar surface area (TPSA) is 81.8 Å². The molecule has 0 atom stereocenters. The third-order valence-electron chi connectivity index (χ3n) is 3.12. The van der Waals surface area contributed by atoms with Crippen LogP contribution < -0.4 is 10.5 Å². The molecule has 0 saturated carbocycles. The number of nitrogen functional groups attached to an aromatic ring is 1. The predicted molar refractivity (Wildman–Crippen MR) is 67.0 cm³/mol. The van der Waals surface area contributed by atoms with Crippen LogP contribution in [0.3, 0.4) is 0 Å². The normalized spacial score (nSPS) is 16.5. The van der Waals surface area contributed by atoms with Gasteiger partial charge in [-0.05, 0) is 18.6 Å². The molecule has 0 radical (unpaired) electrons. The molecule has 0 aromatic heterocycles. The SMILES string of the molecule is Cc1c(N)cc(OC2CCOCC2)cc1C(=O)O. The van der Waals surface area contributed by atoms with Crippen molar-refractivity contribution in [1.82, 2.24) is 0 Å². The number of nitrogens with two attached hydrogens (primary N) is 1. The van der Waals surface area contributed by atoms with Gasteiger partial charge in [0.15, 0.2) is 0 Å². The van der Waals surface area contributed by atoms with Crippen molar-refractivity contribution in [1.29, 1.82) is 0 Å². The Morgan fingerprint density at radius 3 is 2.72 bits per heavy atom. The highest BCUT2D eigenvalue weighted by atomic mass is 16.5. The molecule has 1 aliphatic rings. The summed E-state index contributed by atoms with van der Waals surface area (Å²) in [6.45, 7) is 3.05. The van der Waals surface area contributed by atoms with Gasteiger partial charge in [-0.2, -0.15) is 0 Å². The lowest BCUT2D eigenvalue weighted by Crippen LogP contribution is -2.26. The zero-order valence-corrected chi connectivity index (χ0v) is 10.3. The van der Waals surface area contributed by atoms with Crippen LogP contribution in [0.4, 0.5) is 5.69 Å². The van der Waals surface area contributed by atoms with Crippen LogP contribution in [0.2, 0.25) is 0 Å². The molecule has 0 bridgehead atoms. The molecule has 3 N–H and O–H groups in total. The highest BCUT2D eigenvalue weighted by Crippen LogP contribution is 2.26. The molecule has 0 aliphatic carbocycles. The second kappa shape index (κ2) is 5.27. The Bertz CT molecular complexity index is 453. The molecule has 1 aromatic carbocycles. The van der Waals surface area contributed by atoms with Gasteiger partial charge in [-0.3, -0.25) is 0 Å². The fourth-order valence-electron chi connectivity index (χ4n) is 1.99. The molecule has 18 heavy (non-hydrogen) atoms. The Balaban J connectivity index is 2.20. The first-order valence-corrected chi connectivity index (χ1v) is 5.95. The van der Waals surface area contributed by atoms with E-state index in [1.807, 2.05) is 0 Å². The summed E-state index contributed by atoms with van der Waals surface area (Å²) in [5.74, 6) is -0.473. The predicted octanol–water partition coefficient (Wildman–Crippen LogP) is 1.83. The van der Waals surface area contributed by atoms with Crippen molar-refractivity contribution in [2.24, 2.45) is 0 Å². The average Bonchev–Trinajstić information content (AvgIpc) is 2.34. The Morgan fingerprint density at radius 1 is 1.44 bits per heavy atom. The van der Waals surface area contributed by atoms with Crippen LogP contribution >= 0.6 is 0 Å². The van der Waals surface area contributed by atoms with E-state index in [9.17, 15) is 4.79 Å². The van der Waals surface area contributed by atoms with E-state index in [2.05, 4.69) is 0 Å². The molecule has 1 saturated heterocycles. The standard InChI is InChI=1S/C13H17NO4/c1-8-11(13(15)16)6-10(7-12(8)14)18-9-2-4-17-5-3-9/h6-7,9H,2-5,14H2,1H3,(H,15,16). The van der Waals surface area contributed by atoms with Gasteiger partial charge in [0, 0.05) is 24.6 Å². The Kier molecular flexibility index (Phi) is 3.72. The number of ether oxygens (including phenoxy) is 2. The van der Waals surface area contributed by atoms with E-state index < -0.39 is 5.97 Å². The van der Waals surface area contributed by atoms with Crippen LogP contribution in [0.5, 0.6) is 5.75 Å². The monoisotopic (exact) mass is 251 g/mol. The molecule has 2 rings (SSSR count). The summed E-state index contributed by atoms with van der Waals surface area (Å²) in [7, 11) is 0. The second-order valence-electron chi connectivity index (χ2n) is 4.42. The number of hydrogen-bond donors (Lipinski definition) is 2. The third-order valence-corrected chi connectivity index (χ3v) is 3.12. The van der Waals surface area contributed by atoms with Crippen LogP contribution in [-0.4, -0.2) is 30.4 Å². The van der Waals surface area contributed by atoms with Gasteiger partial charge in [-0.1, -0.05) is 0 Å². The highest BCUT2D eigenvalue weighted by Gasteiger charge is 2.17. The minimum Gasteiger partial charge on any atom is -0.490 e. The van der Waals surface area contributed by atoms with Gasteiger partial charge in [0.1, 0.15) is 11.9 Å². The van der Waals surface area contributed by atoms with E-state index in [1.165, 1.54) is 6.07 Å². The summed E-state index contributed by atoms with van der Waals surface area (Å²) < 4.78 is 11.0. The van der Waals surface area contributed by atoms with E-state index in [0.29, 0.717) is 30.2 Å². The average molecular weight is 251 g/mol. The van der Waals surface area contributed by atoms with E-state index in [0.717, 1.165) is 12.8 Å². The smallest absolute Gasteiger partial charge is 0.336 e. The maximum absolute atomic E-state index is 11.1. The number of carboxylic acids is 1. The number of carbonyl (C=O) groups is 1. The fourth-order valence-corrected chi connectivity index (χ4v) is 1.99. The van der Waals surface area contributed by atoms with Gasteiger partial charge in [0.05, 0.1) is 18.8 Å². The van der Waals surface area contributed by atoms with Crippen LogP contribution in [-0.2, 0) is 4.74 Å². The largest absolute Gasteiger partial charge is 0.490 e. The Hall–Kier alpha value is -1.75.